The standard InChI is InChI=1S/C15H25N3O/c1-10-12(6-8-19-10)18-13-5-7-16-9-11(13)17-14(18)15(2,3)4/h10,12,16H,5-9H2,1-4H3. The Balaban J connectivity index is 2.11. The van der Waals surface area contributed by atoms with Crippen LogP contribution in [-0.4, -0.2) is 28.8 Å². The van der Waals surface area contributed by atoms with Crippen LogP contribution >= 0.6 is 0 Å². The Kier molecular flexibility index (Phi) is 3.18. The average Bonchev–Trinajstić information content (AvgIpc) is 2.91. The molecule has 0 aromatic carbocycles. The molecule has 4 heteroatoms. The first-order valence-electron chi connectivity index (χ1n) is 7.41. The van der Waals surface area contributed by atoms with Gasteiger partial charge in [-0.25, -0.2) is 4.98 Å². The lowest BCUT2D eigenvalue weighted by atomic mass is 9.94. The Morgan fingerprint density at radius 2 is 2.16 bits per heavy atom. The van der Waals surface area contributed by atoms with Crippen molar-refractivity contribution in [1.82, 2.24) is 14.9 Å². The Morgan fingerprint density at radius 3 is 2.79 bits per heavy atom. The summed E-state index contributed by atoms with van der Waals surface area (Å²) in [5, 5.41) is 3.43. The maximum absolute atomic E-state index is 5.78. The quantitative estimate of drug-likeness (QED) is 0.844. The van der Waals surface area contributed by atoms with Gasteiger partial charge in [-0.1, -0.05) is 20.8 Å². The predicted molar refractivity (Wildman–Crippen MR) is 75.4 cm³/mol. The highest BCUT2D eigenvalue weighted by molar-refractivity contribution is 5.25. The van der Waals surface area contributed by atoms with Gasteiger partial charge in [-0.2, -0.15) is 0 Å². The second kappa shape index (κ2) is 4.60. The molecule has 0 saturated carbocycles. The smallest absolute Gasteiger partial charge is 0.115 e. The Morgan fingerprint density at radius 1 is 1.37 bits per heavy atom. The molecule has 1 aromatic heterocycles. The van der Waals surface area contributed by atoms with Gasteiger partial charge in [0.25, 0.3) is 0 Å². The molecule has 2 atom stereocenters. The third-order valence-electron chi connectivity index (χ3n) is 4.26. The van der Waals surface area contributed by atoms with Crippen LogP contribution in [0.5, 0.6) is 0 Å². The fourth-order valence-corrected chi connectivity index (χ4v) is 3.28. The van der Waals surface area contributed by atoms with Gasteiger partial charge in [0.1, 0.15) is 5.82 Å². The number of ether oxygens (including phenoxy) is 1. The first kappa shape index (κ1) is 13.1. The molecule has 2 aliphatic heterocycles. The van der Waals surface area contributed by atoms with E-state index in [2.05, 4.69) is 37.6 Å². The van der Waals surface area contributed by atoms with E-state index in [1.165, 1.54) is 17.2 Å². The van der Waals surface area contributed by atoms with Crippen molar-refractivity contribution >= 4 is 0 Å². The van der Waals surface area contributed by atoms with Gasteiger partial charge in [0.2, 0.25) is 0 Å². The van der Waals surface area contributed by atoms with Crippen LogP contribution in [-0.2, 0) is 23.1 Å². The summed E-state index contributed by atoms with van der Waals surface area (Å²) in [6, 6.07) is 0.462. The molecule has 1 fully saturated rings. The number of nitrogens with zero attached hydrogens (tertiary/aromatic N) is 2. The van der Waals surface area contributed by atoms with Crippen molar-refractivity contribution in [3.05, 3.63) is 17.2 Å². The third-order valence-corrected chi connectivity index (χ3v) is 4.26. The van der Waals surface area contributed by atoms with Crippen LogP contribution in [0, 0.1) is 0 Å². The molecule has 1 aromatic rings. The van der Waals surface area contributed by atoms with Crippen LogP contribution in [0.4, 0.5) is 0 Å². The maximum Gasteiger partial charge on any atom is 0.115 e. The van der Waals surface area contributed by atoms with E-state index in [0.29, 0.717) is 12.1 Å². The lowest BCUT2D eigenvalue weighted by molar-refractivity contribution is 0.106. The van der Waals surface area contributed by atoms with Crippen molar-refractivity contribution in [1.29, 1.82) is 0 Å². The lowest BCUT2D eigenvalue weighted by Gasteiger charge is -2.27. The fraction of sp³-hybridized carbons (Fsp3) is 0.800. The first-order valence-corrected chi connectivity index (χ1v) is 7.41. The zero-order valence-corrected chi connectivity index (χ0v) is 12.5. The summed E-state index contributed by atoms with van der Waals surface area (Å²) in [5.41, 5.74) is 2.76. The summed E-state index contributed by atoms with van der Waals surface area (Å²) in [6.07, 6.45) is 2.50. The molecule has 2 aliphatic rings. The van der Waals surface area contributed by atoms with Crippen molar-refractivity contribution in [3.8, 4) is 0 Å². The minimum Gasteiger partial charge on any atom is -0.376 e. The van der Waals surface area contributed by atoms with Crippen molar-refractivity contribution in [3.63, 3.8) is 0 Å². The molecule has 3 rings (SSSR count). The van der Waals surface area contributed by atoms with Gasteiger partial charge in [0, 0.05) is 37.2 Å². The summed E-state index contributed by atoms with van der Waals surface area (Å²) >= 11 is 0. The number of imidazole rings is 1. The largest absolute Gasteiger partial charge is 0.376 e. The van der Waals surface area contributed by atoms with Gasteiger partial charge >= 0.3 is 0 Å². The molecule has 2 unspecified atom stereocenters. The summed E-state index contributed by atoms with van der Waals surface area (Å²) in [5.74, 6) is 1.23. The van der Waals surface area contributed by atoms with Gasteiger partial charge in [0.15, 0.2) is 0 Å². The molecule has 4 nitrogen and oxygen atoms in total. The molecule has 1 saturated heterocycles. The Labute approximate surface area is 115 Å². The molecule has 0 amide bonds. The third kappa shape index (κ3) is 2.21. The minimum atomic E-state index is 0.0830. The van der Waals surface area contributed by atoms with Crippen molar-refractivity contribution in [2.75, 3.05) is 13.2 Å². The molecule has 0 radical (unpaired) electrons. The Hall–Kier alpha value is -0.870. The second-order valence-corrected chi connectivity index (χ2v) is 6.81. The zero-order chi connectivity index (χ0) is 13.6. The molecule has 0 bridgehead atoms. The van der Waals surface area contributed by atoms with E-state index in [0.717, 1.165) is 32.5 Å². The summed E-state index contributed by atoms with van der Waals surface area (Å²) in [4.78, 5) is 4.95. The zero-order valence-electron chi connectivity index (χ0n) is 12.5. The van der Waals surface area contributed by atoms with E-state index < -0.39 is 0 Å². The van der Waals surface area contributed by atoms with Gasteiger partial charge in [-0.3, -0.25) is 0 Å². The monoisotopic (exact) mass is 263 g/mol. The van der Waals surface area contributed by atoms with Gasteiger partial charge in [0.05, 0.1) is 17.8 Å². The number of hydrogen-bond donors (Lipinski definition) is 1. The van der Waals surface area contributed by atoms with Crippen LogP contribution < -0.4 is 5.32 Å². The van der Waals surface area contributed by atoms with E-state index in [1.54, 1.807) is 0 Å². The van der Waals surface area contributed by atoms with Crippen LogP contribution in [0.2, 0.25) is 0 Å². The fourth-order valence-electron chi connectivity index (χ4n) is 3.28. The maximum atomic E-state index is 5.78. The number of nitrogens with one attached hydrogen (secondary N) is 1. The van der Waals surface area contributed by atoms with Crippen LogP contribution in [0.3, 0.4) is 0 Å². The minimum absolute atomic E-state index is 0.0830. The van der Waals surface area contributed by atoms with E-state index in [-0.39, 0.29) is 5.41 Å². The van der Waals surface area contributed by atoms with Crippen LogP contribution in [0.1, 0.15) is 57.4 Å². The van der Waals surface area contributed by atoms with Crippen LogP contribution in [0.25, 0.3) is 0 Å². The van der Waals surface area contributed by atoms with Gasteiger partial charge < -0.3 is 14.6 Å². The molecule has 1 N–H and O–H groups in total. The number of hydrogen-bond acceptors (Lipinski definition) is 3. The van der Waals surface area contributed by atoms with E-state index in [9.17, 15) is 0 Å². The molecule has 0 aliphatic carbocycles. The predicted octanol–water partition coefficient (Wildman–Crippen LogP) is 2.18. The van der Waals surface area contributed by atoms with Gasteiger partial charge in [-0.15, -0.1) is 0 Å². The highest BCUT2D eigenvalue weighted by Gasteiger charge is 2.35. The number of aromatic nitrogens is 2. The van der Waals surface area contributed by atoms with Crippen LogP contribution in [0.15, 0.2) is 0 Å². The van der Waals surface area contributed by atoms with Crippen molar-refractivity contribution in [2.24, 2.45) is 0 Å². The molecular weight excluding hydrogens is 238 g/mol. The SMILES string of the molecule is CC1OCCC1n1c(C(C)(C)C)nc2c1CCNC2. The molecule has 19 heavy (non-hydrogen) atoms. The first-order chi connectivity index (χ1) is 8.98. The van der Waals surface area contributed by atoms with E-state index >= 15 is 0 Å². The lowest BCUT2D eigenvalue weighted by Crippen LogP contribution is -2.29. The highest BCUT2D eigenvalue weighted by atomic mass is 16.5. The van der Waals surface area contributed by atoms with Crippen molar-refractivity contribution in [2.45, 2.75) is 64.6 Å². The Bertz CT molecular complexity index is 472. The topological polar surface area (TPSA) is 39.1 Å². The van der Waals surface area contributed by atoms with Gasteiger partial charge in [-0.05, 0) is 13.3 Å². The van der Waals surface area contributed by atoms with E-state index in [1.807, 2.05) is 0 Å². The molecule has 3 heterocycles. The van der Waals surface area contributed by atoms with Crippen molar-refractivity contribution < 1.29 is 4.74 Å². The summed E-state index contributed by atoms with van der Waals surface area (Å²) < 4.78 is 8.29. The summed E-state index contributed by atoms with van der Waals surface area (Å²) in [7, 11) is 0. The number of rotatable bonds is 1. The highest BCUT2D eigenvalue weighted by Crippen LogP contribution is 2.35. The molecule has 0 spiro atoms. The molecule has 106 valence electrons. The molecular formula is C15H25N3O. The average molecular weight is 263 g/mol. The number of fused-ring (bicyclic) bond motifs is 1. The van der Waals surface area contributed by atoms with E-state index in [4.69, 9.17) is 9.72 Å². The summed E-state index contributed by atoms with van der Waals surface area (Å²) in [6.45, 7) is 11.8. The normalized spacial score (nSPS) is 27.6. The second-order valence-electron chi connectivity index (χ2n) is 6.81.